The predicted molar refractivity (Wildman–Crippen MR) is 80.4 cm³/mol. The molecule has 0 atom stereocenters. The molecule has 5 nitrogen and oxygen atoms in total. The third kappa shape index (κ3) is 3.84. The van der Waals surface area contributed by atoms with E-state index in [2.05, 4.69) is 5.32 Å². The van der Waals surface area contributed by atoms with Crippen LogP contribution in [0.2, 0.25) is 0 Å². The highest BCUT2D eigenvalue weighted by Crippen LogP contribution is 2.16. The van der Waals surface area contributed by atoms with Gasteiger partial charge in [0, 0.05) is 17.7 Å². The summed E-state index contributed by atoms with van der Waals surface area (Å²) in [4.78, 5) is 12.1. The zero-order valence-electron chi connectivity index (χ0n) is 11.9. The summed E-state index contributed by atoms with van der Waals surface area (Å²) in [6.45, 7) is 0.205. The van der Waals surface area contributed by atoms with E-state index in [4.69, 9.17) is 14.8 Å². The van der Waals surface area contributed by atoms with Gasteiger partial charge in [-0.3, -0.25) is 4.79 Å². The average molecular weight is 303 g/mol. The highest BCUT2D eigenvalue weighted by atomic mass is 19.1. The molecule has 2 rings (SSSR count). The van der Waals surface area contributed by atoms with Gasteiger partial charge in [0.15, 0.2) is 0 Å². The third-order valence-corrected chi connectivity index (χ3v) is 3.11. The summed E-state index contributed by atoms with van der Waals surface area (Å²) < 4.78 is 18.6. The largest absolute Gasteiger partial charge is 0.496 e. The minimum Gasteiger partial charge on any atom is -0.496 e. The normalized spacial score (nSPS) is 10.2. The Kier molecular flexibility index (Phi) is 5.14. The van der Waals surface area contributed by atoms with Crippen LogP contribution in [0.3, 0.4) is 0 Å². The Morgan fingerprint density at radius 2 is 2.00 bits per heavy atom. The van der Waals surface area contributed by atoms with Gasteiger partial charge in [-0.25, -0.2) is 4.39 Å². The van der Waals surface area contributed by atoms with E-state index in [-0.39, 0.29) is 17.6 Å². The lowest BCUT2D eigenvalue weighted by atomic mass is 9.79. The van der Waals surface area contributed by atoms with Crippen LogP contribution in [0, 0.1) is 5.82 Å². The Balaban J connectivity index is 2.12. The first-order valence-electron chi connectivity index (χ1n) is 6.58. The lowest BCUT2D eigenvalue weighted by Crippen LogP contribution is -2.32. The number of para-hydroxylation sites is 1. The number of carbonyl (C=O) groups is 1. The van der Waals surface area contributed by atoms with Gasteiger partial charge in [-0.15, -0.1) is 0 Å². The maximum Gasteiger partial charge on any atom is 0.488 e. The Morgan fingerprint density at radius 3 is 2.68 bits per heavy atom. The van der Waals surface area contributed by atoms with Crippen LogP contribution in [0.15, 0.2) is 42.5 Å². The van der Waals surface area contributed by atoms with Crippen molar-refractivity contribution in [2.24, 2.45) is 0 Å². The zero-order chi connectivity index (χ0) is 16.1. The fourth-order valence-electron chi connectivity index (χ4n) is 2.02. The molecule has 0 aliphatic carbocycles. The third-order valence-electron chi connectivity index (χ3n) is 3.11. The second-order valence-electron chi connectivity index (χ2n) is 4.64. The summed E-state index contributed by atoms with van der Waals surface area (Å²) in [7, 11) is -0.307. The van der Waals surface area contributed by atoms with Crippen molar-refractivity contribution in [2.75, 3.05) is 7.11 Å². The molecule has 0 unspecified atom stereocenters. The number of ether oxygens (including phenoxy) is 1. The van der Waals surface area contributed by atoms with Crippen LogP contribution in [0.4, 0.5) is 4.39 Å². The van der Waals surface area contributed by atoms with Crippen molar-refractivity contribution >= 4 is 18.5 Å². The Labute approximate surface area is 127 Å². The van der Waals surface area contributed by atoms with Gasteiger partial charge in [-0.1, -0.05) is 18.2 Å². The van der Waals surface area contributed by atoms with Crippen LogP contribution < -0.4 is 15.5 Å². The summed E-state index contributed by atoms with van der Waals surface area (Å²) in [5, 5.41) is 20.8. The molecule has 0 saturated carbocycles. The van der Waals surface area contributed by atoms with Crippen molar-refractivity contribution in [1.82, 2.24) is 5.32 Å². The molecule has 22 heavy (non-hydrogen) atoms. The van der Waals surface area contributed by atoms with Gasteiger partial charge < -0.3 is 20.1 Å². The van der Waals surface area contributed by atoms with Gasteiger partial charge in [0.25, 0.3) is 5.91 Å². The number of rotatable bonds is 5. The maximum atomic E-state index is 13.4. The maximum absolute atomic E-state index is 13.4. The number of hydrogen-bond acceptors (Lipinski definition) is 4. The molecule has 0 aliphatic rings. The Hall–Kier alpha value is -2.38. The number of methoxy groups -OCH3 is 1. The summed E-state index contributed by atoms with van der Waals surface area (Å²) in [6.07, 6.45) is 0. The fraction of sp³-hybridized carbons (Fsp3) is 0.133. The number of benzene rings is 2. The number of amides is 1. The van der Waals surface area contributed by atoms with E-state index in [0.717, 1.165) is 17.7 Å². The van der Waals surface area contributed by atoms with Crippen LogP contribution in [-0.2, 0) is 6.54 Å². The Morgan fingerprint density at radius 1 is 1.27 bits per heavy atom. The Bertz CT molecular complexity index is 678. The molecule has 0 saturated heterocycles. The van der Waals surface area contributed by atoms with Crippen LogP contribution in [0.5, 0.6) is 5.75 Å². The van der Waals surface area contributed by atoms with Crippen molar-refractivity contribution in [1.29, 1.82) is 0 Å². The second-order valence-corrected chi connectivity index (χ2v) is 4.64. The van der Waals surface area contributed by atoms with Crippen LogP contribution >= 0.6 is 0 Å². The van der Waals surface area contributed by atoms with Crippen molar-refractivity contribution in [3.8, 4) is 5.75 Å². The average Bonchev–Trinajstić information content (AvgIpc) is 2.52. The fourth-order valence-corrected chi connectivity index (χ4v) is 2.02. The van der Waals surface area contributed by atoms with Gasteiger partial charge in [-0.2, -0.15) is 0 Å². The molecule has 0 heterocycles. The molecule has 0 radical (unpaired) electrons. The van der Waals surface area contributed by atoms with E-state index >= 15 is 0 Å². The molecule has 2 aromatic carbocycles. The molecule has 2 aromatic rings. The van der Waals surface area contributed by atoms with E-state index in [1.165, 1.54) is 13.2 Å². The first-order chi connectivity index (χ1) is 10.5. The summed E-state index contributed by atoms with van der Waals surface area (Å²) in [5.41, 5.74) is 0.706. The predicted octanol–water partition coefficient (Wildman–Crippen LogP) is 0.444. The molecule has 0 bridgehead atoms. The number of hydrogen-bond donors (Lipinski definition) is 3. The van der Waals surface area contributed by atoms with Gasteiger partial charge >= 0.3 is 7.12 Å². The molecule has 0 fully saturated rings. The lowest BCUT2D eigenvalue weighted by molar-refractivity contribution is 0.0950. The number of carbonyl (C=O) groups excluding carboxylic acids is 1. The molecule has 7 heteroatoms. The lowest BCUT2D eigenvalue weighted by Gasteiger charge is -2.10. The SMILES string of the molecule is COc1ccccc1CNC(=O)c1cc(F)cc(B(O)O)c1. The van der Waals surface area contributed by atoms with E-state index in [1.807, 2.05) is 12.1 Å². The van der Waals surface area contributed by atoms with Crippen molar-refractivity contribution in [3.63, 3.8) is 0 Å². The molecule has 0 aliphatic heterocycles. The van der Waals surface area contributed by atoms with Gasteiger partial charge in [0.05, 0.1) is 7.11 Å². The molecular formula is C15H15BFNO4. The van der Waals surface area contributed by atoms with Crippen molar-refractivity contribution in [3.05, 3.63) is 59.4 Å². The molecule has 0 aromatic heterocycles. The molecule has 3 N–H and O–H groups in total. The number of nitrogens with one attached hydrogen (secondary N) is 1. The van der Waals surface area contributed by atoms with Crippen LogP contribution in [0.1, 0.15) is 15.9 Å². The van der Waals surface area contributed by atoms with E-state index in [0.29, 0.717) is 5.75 Å². The molecule has 0 spiro atoms. The minimum atomic E-state index is -1.84. The van der Waals surface area contributed by atoms with Gasteiger partial charge in [-0.05, 0) is 29.7 Å². The molecule has 1 amide bonds. The van der Waals surface area contributed by atoms with E-state index in [1.54, 1.807) is 12.1 Å². The van der Waals surface area contributed by atoms with Crippen LogP contribution in [0.25, 0.3) is 0 Å². The van der Waals surface area contributed by atoms with Crippen molar-refractivity contribution in [2.45, 2.75) is 6.54 Å². The monoisotopic (exact) mass is 303 g/mol. The van der Waals surface area contributed by atoms with Gasteiger partial charge in [0.2, 0.25) is 0 Å². The van der Waals surface area contributed by atoms with Crippen LogP contribution in [-0.4, -0.2) is 30.2 Å². The summed E-state index contributed by atoms with van der Waals surface area (Å²) in [5.74, 6) is -0.603. The quantitative estimate of drug-likeness (QED) is 0.701. The summed E-state index contributed by atoms with van der Waals surface area (Å²) in [6, 6.07) is 10.4. The highest BCUT2D eigenvalue weighted by molar-refractivity contribution is 6.58. The minimum absolute atomic E-state index is 0.0120. The van der Waals surface area contributed by atoms with E-state index in [9.17, 15) is 9.18 Å². The topological polar surface area (TPSA) is 78.8 Å². The first-order valence-corrected chi connectivity index (χ1v) is 6.58. The second kappa shape index (κ2) is 7.06. The van der Waals surface area contributed by atoms with Gasteiger partial charge in [0.1, 0.15) is 11.6 Å². The number of halogens is 1. The highest BCUT2D eigenvalue weighted by Gasteiger charge is 2.16. The molecule has 114 valence electrons. The zero-order valence-corrected chi connectivity index (χ0v) is 11.9. The van der Waals surface area contributed by atoms with Crippen molar-refractivity contribution < 1.29 is 24.0 Å². The standard InChI is InChI=1S/C15H15BFNO4/c1-22-14-5-3-2-4-10(14)9-18-15(19)11-6-12(16(20)21)8-13(17)7-11/h2-8,20-21H,9H2,1H3,(H,18,19). The summed E-state index contributed by atoms with van der Waals surface area (Å²) >= 11 is 0. The molecular weight excluding hydrogens is 288 g/mol. The first kappa shape index (κ1) is 16.0. The smallest absolute Gasteiger partial charge is 0.488 e. The van der Waals surface area contributed by atoms with E-state index < -0.39 is 18.8 Å².